The second-order valence-electron chi connectivity index (χ2n) is 7.09. The molecule has 1 heterocycles. The van der Waals surface area contributed by atoms with Gasteiger partial charge in [0.25, 0.3) is 0 Å². The molecule has 0 bridgehead atoms. The molecule has 5 nitrogen and oxygen atoms in total. The highest BCUT2D eigenvalue weighted by molar-refractivity contribution is 7.90. The molecule has 0 aliphatic carbocycles. The summed E-state index contributed by atoms with van der Waals surface area (Å²) in [5, 5.41) is 11.7. The van der Waals surface area contributed by atoms with Crippen LogP contribution in [0, 0.1) is 0 Å². The number of nitrogens with zero attached hydrogens (tertiary/aromatic N) is 1. The molecule has 0 aliphatic heterocycles. The van der Waals surface area contributed by atoms with Crippen molar-refractivity contribution in [2.24, 2.45) is 0 Å². The van der Waals surface area contributed by atoms with Crippen LogP contribution in [0.1, 0.15) is 0 Å². The van der Waals surface area contributed by atoms with Gasteiger partial charge in [0, 0.05) is 18.0 Å². The maximum Gasteiger partial charge on any atom is 0.204 e. The molecular weight excluding hydrogens is 434 g/mol. The van der Waals surface area contributed by atoms with E-state index in [2.05, 4.69) is 0 Å². The van der Waals surface area contributed by atoms with Crippen molar-refractivity contribution in [1.29, 1.82) is 0 Å². The third-order valence-corrected chi connectivity index (χ3v) is 6.51. The number of rotatable bonds is 5. The average molecular weight is 454 g/mol. The van der Waals surface area contributed by atoms with Crippen molar-refractivity contribution >= 4 is 21.4 Å². The Morgan fingerprint density at radius 2 is 1.52 bits per heavy atom. The molecule has 0 saturated heterocycles. The van der Waals surface area contributed by atoms with Crippen LogP contribution in [-0.4, -0.2) is 31.5 Å². The number of aromatic hydroxyl groups is 1. The fraction of sp³-hybridized carbons (Fsp3) is 0.0833. The van der Waals surface area contributed by atoms with Crippen LogP contribution in [0.2, 0.25) is 5.02 Å². The largest absolute Gasteiger partial charge is 0.497 e. The molecule has 0 aliphatic rings. The monoisotopic (exact) mass is 453 g/mol. The number of hydrogen-bond acceptors (Lipinski definition) is 4. The van der Waals surface area contributed by atoms with Crippen LogP contribution in [0.15, 0.2) is 83.9 Å². The van der Waals surface area contributed by atoms with Crippen molar-refractivity contribution in [3.63, 3.8) is 0 Å². The number of aromatic nitrogens is 1. The highest BCUT2D eigenvalue weighted by Crippen LogP contribution is 2.43. The summed E-state index contributed by atoms with van der Waals surface area (Å²) in [4.78, 5) is 0.233. The maximum atomic E-state index is 11.8. The Kier molecular flexibility index (Phi) is 5.52. The van der Waals surface area contributed by atoms with E-state index in [1.54, 1.807) is 48.2 Å². The first-order valence-electron chi connectivity index (χ1n) is 9.43. The van der Waals surface area contributed by atoms with Crippen molar-refractivity contribution in [1.82, 2.24) is 4.57 Å². The van der Waals surface area contributed by atoms with E-state index in [1.807, 2.05) is 42.5 Å². The van der Waals surface area contributed by atoms with Gasteiger partial charge in [0.2, 0.25) is 5.88 Å². The maximum absolute atomic E-state index is 11.8. The van der Waals surface area contributed by atoms with Gasteiger partial charge in [-0.2, -0.15) is 0 Å². The van der Waals surface area contributed by atoms with E-state index in [9.17, 15) is 13.5 Å². The van der Waals surface area contributed by atoms with Crippen LogP contribution < -0.4 is 4.74 Å². The summed E-state index contributed by atoms with van der Waals surface area (Å²) in [5.41, 5.74) is 3.53. The summed E-state index contributed by atoms with van der Waals surface area (Å²) < 4.78 is 30.5. The smallest absolute Gasteiger partial charge is 0.204 e. The number of ether oxygens (including phenoxy) is 1. The number of para-hydroxylation sites is 1. The normalized spacial score (nSPS) is 11.5. The third kappa shape index (κ3) is 4.04. The van der Waals surface area contributed by atoms with E-state index in [0.29, 0.717) is 22.0 Å². The summed E-state index contributed by atoms with van der Waals surface area (Å²) in [6.07, 6.45) is 2.97. The lowest BCUT2D eigenvalue weighted by Crippen LogP contribution is -1.96. The van der Waals surface area contributed by atoms with Crippen molar-refractivity contribution < 1.29 is 18.3 Å². The molecule has 3 aromatic carbocycles. The van der Waals surface area contributed by atoms with Gasteiger partial charge in [0.05, 0.1) is 28.3 Å². The lowest BCUT2D eigenvalue weighted by atomic mass is 9.98. The zero-order chi connectivity index (χ0) is 22.2. The van der Waals surface area contributed by atoms with Crippen molar-refractivity contribution in [3.05, 3.63) is 84.0 Å². The van der Waals surface area contributed by atoms with Crippen LogP contribution in [0.3, 0.4) is 0 Å². The van der Waals surface area contributed by atoms with Gasteiger partial charge in [-0.3, -0.25) is 4.57 Å². The lowest BCUT2D eigenvalue weighted by molar-refractivity contribution is 0.415. The SMILES string of the molecule is COc1ccc(-c2c(-c3ccc(S(C)(=O)=O)cc3)cn(-c3ccccc3Cl)c2O)cc1. The first kappa shape index (κ1) is 21.0. The molecule has 7 heteroatoms. The van der Waals surface area contributed by atoms with Crippen LogP contribution in [0.5, 0.6) is 11.6 Å². The van der Waals surface area contributed by atoms with Gasteiger partial charge in [0.1, 0.15) is 5.75 Å². The highest BCUT2D eigenvalue weighted by atomic mass is 35.5. The van der Waals surface area contributed by atoms with Gasteiger partial charge >= 0.3 is 0 Å². The first-order chi connectivity index (χ1) is 14.8. The standard InChI is InChI=1S/C24H20ClNO4S/c1-30-18-11-7-17(8-12-18)23-20(16-9-13-19(14-10-16)31(2,28)29)15-26(24(23)27)22-6-4-3-5-21(22)25/h3-15,27H,1-2H3. The van der Waals surface area contributed by atoms with Crippen LogP contribution in [0.4, 0.5) is 0 Å². The molecule has 0 fully saturated rings. The second-order valence-corrected chi connectivity index (χ2v) is 9.51. The van der Waals surface area contributed by atoms with Gasteiger partial charge in [-0.1, -0.05) is 48.0 Å². The molecule has 0 atom stereocenters. The summed E-state index contributed by atoms with van der Waals surface area (Å²) in [6, 6.07) is 21.2. The van der Waals surface area contributed by atoms with Gasteiger partial charge in [0.15, 0.2) is 9.84 Å². The molecule has 4 rings (SSSR count). The topological polar surface area (TPSA) is 68.5 Å². The zero-order valence-electron chi connectivity index (χ0n) is 16.9. The second kappa shape index (κ2) is 8.13. The Hall–Kier alpha value is -3.22. The van der Waals surface area contributed by atoms with E-state index < -0.39 is 9.84 Å². The van der Waals surface area contributed by atoms with Gasteiger partial charge in [-0.15, -0.1) is 0 Å². The van der Waals surface area contributed by atoms with Gasteiger partial charge < -0.3 is 9.84 Å². The molecule has 4 aromatic rings. The molecule has 0 amide bonds. The Labute approximate surface area is 186 Å². The van der Waals surface area contributed by atoms with Gasteiger partial charge in [-0.25, -0.2) is 8.42 Å². The molecule has 31 heavy (non-hydrogen) atoms. The van der Waals surface area contributed by atoms with Crippen molar-refractivity contribution in [2.45, 2.75) is 4.90 Å². The van der Waals surface area contributed by atoms with E-state index in [1.165, 1.54) is 6.26 Å². The number of halogens is 1. The third-order valence-electron chi connectivity index (χ3n) is 5.06. The molecule has 0 radical (unpaired) electrons. The molecule has 0 unspecified atom stereocenters. The van der Waals surface area contributed by atoms with Gasteiger partial charge in [-0.05, 0) is 47.5 Å². The zero-order valence-corrected chi connectivity index (χ0v) is 18.5. The Morgan fingerprint density at radius 3 is 2.10 bits per heavy atom. The number of benzene rings is 3. The van der Waals surface area contributed by atoms with Crippen molar-refractivity contribution in [2.75, 3.05) is 13.4 Å². The molecular formula is C24H20ClNO4S. The Morgan fingerprint density at radius 1 is 0.903 bits per heavy atom. The predicted molar refractivity (Wildman–Crippen MR) is 123 cm³/mol. The lowest BCUT2D eigenvalue weighted by Gasteiger charge is -2.09. The Bertz CT molecular complexity index is 1340. The van der Waals surface area contributed by atoms with Crippen molar-refractivity contribution in [3.8, 4) is 39.6 Å². The minimum Gasteiger partial charge on any atom is -0.497 e. The van der Waals surface area contributed by atoms with E-state index in [0.717, 1.165) is 16.7 Å². The molecule has 1 N–H and O–H groups in total. The van der Waals surface area contributed by atoms with E-state index in [4.69, 9.17) is 16.3 Å². The number of hydrogen-bond donors (Lipinski definition) is 1. The summed E-state index contributed by atoms with van der Waals surface area (Å²) in [7, 11) is -1.72. The summed E-state index contributed by atoms with van der Waals surface area (Å²) in [6.45, 7) is 0. The minimum absolute atomic E-state index is 0.0282. The van der Waals surface area contributed by atoms with Crippen LogP contribution in [0.25, 0.3) is 27.9 Å². The molecule has 0 spiro atoms. The van der Waals surface area contributed by atoms with E-state index >= 15 is 0 Å². The fourth-order valence-electron chi connectivity index (χ4n) is 3.47. The molecule has 158 valence electrons. The molecule has 1 aromatic heterocycles. The summed E-state index contributed by atoms with van der Waals surface area (Å²) >= 11 is 6.38. The minimum atomic E-state index is -3.31. The average Bonchev–Trinajstić information content (AvgIpc) is 3.10. The summed E-state index contributed by atoms with van der Waals surface area (Å²) in [5.74, 6) is 0.730. The van der Waals surface area contributed by atoms with Crippen LogP contribution >= 0.6 is 11.6 Å². The van der Waals surface area contributed by atoms with E-state index in [-0.39, 0.29) is 10.8 Å². The predicted octanol–water partition coefficient (Wildman–Crippen LogP) is 5.58. The number of sulfone groups is 1. The molecule has 0 saturated carbocycles. The quantitative estimate of drug-likeness (QED) is 0.428. The first-order valence-corrected chi connectivity index (χ1v) is 11.7. The van der Waals surface area contributed by atoms with Crippen LogP contribution in [-0.2, 0) is 9.84 Å². The number of methoxy groups -OCH3 is 1. The Balaban J connectivity index is 1.94. The highest BCUT2D eigenvalue weighted by Gasteiger charge is 2.21. The fourth-order valence-corrected chi connectivity index (χ4v) is 4.33.